The monoisotopic (exact) mass is 474 g/mol. The molecule has 0 radical (unpaired) electrons. The Labute approximate surface area is 187 Å². The number of rotatable bonds is 7. The van der Waals surface area contributed by atoms with E-state index in [2.05, 4.69) is 11.6 Å². The van der Waals surface area contributed by atoms with E-state index in [1.165, 1.54) is 0 Å². The van der Waals surface area contributed by atoms with Gasteiger partial charge in [0.2, 0.25) is 0 Å². The molecule has 1 aliphatic rings. The van der Waals surface area contributed by atoms with Crippen LogP contribution in [-0.4, -0.2) is 17.3 Å². The van der Waals surface area contributed by atoms with Gasteiger partial charge in [0.1, 0.15) is 6.61 Å². The lowest BCUT2D eigenvalue weighted by Gasteiger charge is -2.20. The molecular weight excluding hydrogens is 455 g/mol. The number of carbonyl (C=O) groups is 1. The van der Waals surface area contributed by atoms with E-state index in [4.69, 9.17) is 16.3 Å². The summed E-state index contributed by atoms with van der Waals surface area (Å²) in [5, 5.41) is -6.23. The molecule has 0 bridgehead atoms. The first-order valence-electron chi connectivity index (χ1n) is 9.49. The van der Waals surface area contributed by atoms with Gasteiger partial charge in [-0.25, -0.2) is 0 Å². The summed E-state index contributed by atoms with van der Waals surface area (Å²) < 4.78 is 58.5. The molecule has 2 aromatic carbocycles. The van der Waals surface area contributed by atoms with Gasteiger partial charge >= 0.3 is 17.3 Å². The molecule has 1 aliphatic carbocycles. The van der Waals surface area contributed by atoms with E-state index in [0.29, 0.717) is 0 Å². The molecule has 2 unspecified atom stereocenters. The molecule has 2 nitrogen and oxygen atoms in total. The Morgan fingerprint density at radius 1 is 1.06 bits per heavy atom. The lowest BCUT2D eigenvalue weighted by Crippen LogP contribution is -2.35. The predicted molar refractivity (Wildman–Crippen MR) is 112 cm³/mol. The van der Waals surface area contributed by atoms with Crippen molar-refractivity contribution >= 4 is 29.2 Å². The van der Waals surface area contributed by atoms with E-state index in [9.17, 15) is 22.4 Å². The van der Waals surface area contributed by atoms with Gasteiger partial charge in [-0.15, -0.1) is 0 Å². The zero-order chi connectivity index (χ0) is 23.0. The minimum atomic E-state index is -4.83. The minimum Gasteiger partial charge on any atom is -0.461 e. The molecule has 0 spiro atoms. The van der Waals surface area contributed by atoms with Crippen LogP contribution in [0, 0.1) is 17.3 Å². The number of allylic oxidation sites excluding steroid dienone is 2. The van der Waals surface area contributed by atoms with Crippen LogP contribution in [0.15, 0.2) is 65.7 Å². The van der Waals surface area contributed by atoms with Crippen molar-refractivity contribution in [2.45, 2.75) is 31.8 Å². The highest BCUT2D eigenvalue weighted by Crippen LogP contribution is 2.61. The summed E-state index contributed by atoms with van der Waals surface area (Å²) in [7, 11) is 0. The van der Waals surface area contributed by atoms with Gasteiger partial charge in [-0.1, -0.05) is 80.1 Å². The molecule has 0 amide bonds. The van der Waals surface area contributed by atoms with E-state index >= 15 is 0 Å². The molecular formula is C23H20Cl2F4O2. The van der Waals surface area contributed by atoms with Crippen LogP contribution in [0.3, 0.4) is 0 Å². The molecule has 2 aromatic rings. The van der Waals surface area contributed by atoms with Crippen molar-refractivity contribution in [2.24, 2.45) is 17.3 Å². The fourth-order valence-electron chi connectivity index (χ4n) is 3.55. The quantitative estimate of drug-likeness (QED) is 0.239. The highest BCUT2D eigenvalue weighted by Gasteiger charge is 2.64. The van der Waals surface area contributed by atoms with Crippen molar-refractivity contribution in [3.05, 3.63) is 71.3 Å². The zero-order valence-corrected chi connectivity index (χ0v) is 18.2. The van der Waals surface area contributed by atoms with Crippen LogP contribution in [0.5, 0.6) is 0 Å². The predicted octanol–water partition coefficient (Wildman–Crippen LogP) is 7.26. The molecule has 0 saturated heterocycles. The Hall–Kier alpha value is -2.05. The van der Waals surface area contributed by atoms with Crippen LogP contribution in [0.4, 0.5) is 17.6 Å². The standard InChI is InChI=1S/C23H20Cl2F4O2/c1-21(2)17(12-18(24)22(26,27)23(25,28)29)19(21)20(30)31-13-14-7-6-10-16(11-14)15-8-4-3-5-9-15/h3-12,17,19H,13H2,1-2H3/b18-12-. The third-order valence-electron chi connectivity index (χ3n) is 5.56. The summed E-state index contributed by atoms with van der Waals surface area (Å²) in [5.74, 6) is -6.89. The minimum absolute atomic E-state index is 0.00777. The first-order valence-corrected chi connectivity index (χ1v) is 10.2. The SMILES string of the molecule is CC1(C)C(/C=C(\Cl)C(F)(F)C(F)(F)Cl)C1C(=O)OCc1cccc(-c2ccccc2)c1. The second-order valence-electron chi connectivity index (χ2n) is 8.09. The van der Waals surface area contributed by atoms with Crippen molar-refractivity contribution in [1.82, 2.24) is 0 Å². The molecule has 1 fully saturated rings. The summed E-state index contributed by atoms with van der Waals surface area (Å²) in [6, 6.07) is 17.1. The van der Waals surface area contributed by atoms with Crippen molar-refractivity contribution in [1.29, 1.82) is 0 Å². The number of esters is 1. The van der Waals surface area contributed by atoms with Gasteiger partial charge < -0.3 is 4.74 Å². The maximum Gasteiger partial charge on any atom is 0.389 e. The van der Waals surface area contributed by atoms with Crippen molar-refractivity contribution in [3.63, 3.8) is 0 Å². The molecule has 0 aromatic heterocycles. The van der Waals surface area contributed by atoms with E-state index in [0.717, 1.165) is 22.8 Å². The second kappa shape index (κ2) is 8.47. The number of benzene rings is 2. The number of halogens is 6. The highest BCUT2D eigenvalue weighted by molar-refractivity contribution is 6.32. The molecule has 31 heavy (non-hydrogen) atoms. The van der Waals surface area contributed by atoms with Crippen LogP contribution in [0.1, 0.15) is 19.4 Å². The molecule has 1 saturated carbocycles. The molecule has 0 heterocycles. The average molecular weight is 475 g/mol. The summed E-state index contributed by atoms with van der Waals surface area (Å²) in [6.45, 7) is 3.29. The van der Waals surface area contributed by atoms with Gasteiger partial charge in [0.25, 0.3) is 0 Å². The van der Waals surface area contributed by atoms with Crippen LogP contribution < -0.4 is 0 Å². The first kappa shape index (κ1) is 23.6. The van der Waals surface area contributed by atoms with Crippen molar-refractivity contribution in [3.8, 4) is 11.1 Å². The third kappa shape index (κ3) is 4.90. The first-order chi connectivity index (χ1) is 14.4. The average Bonchev–Trinajstić information content (AvgIpc) is 3.26. The smallest absolute Gasteiger partial charge is 0.389 e. The maximum atomic E-state index is 13.6. The largest absolute Gasteiger partial charge is 0.461 e. The van der Waals surface area contributed by atoms with Crippen LogP contribution in [-0.2, 0) is 16.1 Å². The van der Waals surface area contributed by atoms with Crippen LogP contribution >= 0.6 is 23.2 Å². The van der Waals surface area contributed by atoms with Crippen molar-refractivity contribution in [2.75, 3.05) is 0 Å². The number of hydrogen-bond acceptors (Lipinski definition) is 2. The Morgan fingerprint density at radius 2 is 1.68 bits per heavy atom. The number of alkyl halides is 5. The van der Waals surface area contributed by atoms with Gasteiger partial charge in [-0.05, 0) is 45.7 Å². The topological polar surface area (TPSA) is 26.3 Å². The van der Waals surface area contributed by atoms with Crippen molar-refractivity contribution < 1.29 is 27.1 Å². The van der Waals surface area contributed by atoms with Gasteiger partial charge in [0, 0.05) is 0 Å². The normalized spacial score (nSPS) is 21.0. The number of carbonyl (C=O) groups excluding carboxylic acids is 1. The molecule has 0 N–H and O–H groups in total. The fraction of sp³-hybridized carbons (Fsp3) is 0.348. The molecule has 166 valence electrons. The summed E-state index contributed by atoms with van der Waals surface area (Å²) in [5.41, 5.74) is 1.96. The maximum absolute atomic E-state index is 13.6. The van der Waals surface area contributed by atoms with E-state index in [-0.39, 0.29) is 6.61 Å². The lowest BCUT2D eigenvalue weighted by molar-refractivity contribution is -0.147. The number of ether oxygens (including phenoxy) is 1. The molecule has 8 heteroatoms. The Bertz CT molecular complexity index is 985. The van der Waals surface area contributed by atoms with Gasteiger partial charge in [0.15, 0.2) is 0 Å². The summed E-state index contributed by atoms with van der Waals surface area (Å²) in [6.07, 6.45) is 0.778. The van der Waals surface area contributed by atoms with Gasteiger partial charge in [0.05, 0.1) is 11.0 Å². The number of hydrogen-bond donors (Lipinski definition) is 0. The summed E-state index contributed by atoms with van der Waals surface area (Å²) in [4.78, 5) is 12.5. The summed E-state index contributed by atoms with van der Waals surface area (Å²) >= 11 is 9.90. The van der Waals surface area contributed by atoms with Gasteiger partial charge in [-0.2, -0.15) is 17.6 Å². The molecule has 0 aliphatic heterocycles. The van der Waals surface area contributed by atoms with E-state index in [1.807, 2.05) is 48.5 Å². The van der Waals surface area contributed by atoms with E-state index < -0.39 is 39.6 Å². The van der Waals surface area contributed by atoms with Crippen LogP contribution in [0.2, 0.25) is 0 Å². The third-order valence-corrected chi connectivity index (χ3v) is 6.16. The Balaban J connectivity index is 1.67. The highest BCUT2D eigenvalue weighted by atomic mass is 35.5. The molecule has 3 rings (SSSR count). The second-order valence-corrected chi connectivity index (χ2v) is 8.97. The van der Waals surface area contributed by atoms with Gasteiger partial charge in [-0.3, -0.25) is 4.79 Å². The zero-order valence-electron chi connectivity index (χ0n) is 16.7. The lowest BCUT2D eigenvalue weighted by atomic mass is 10.0. The van der Waals surface area contributed by atoms with E-state index in [1.54, 1.807) is 19.9 Å². The molecule has 2 atom stereocenters. The Kier molecular flexibility index (Phi) is 6.45. The Morgan fingerprint density at radius 3 is 2.29 bits per heavy atom. The van der Waals surface area contributed by atoms with Crippen LogP contribution in [0.25, 0.3) is 11.1 Å². The fourth-order valence-corrected chi connectivity index (χ4v) is 3.96.